The van der Waals surface area contributed by atoms with Gasteiger partial charge in [0.15, 0.2) is 0 Å². The maximum Gasteiger partial charge on any atom is 0.137 e. The second-order valence-electron chi connectivity index (χ2n) is 15.0. The van der Waals surface area contributed by atoms with E-state index in [1.807, 2.05) is 12.1 Å². The SMILES string of the molecule is CC1=C(c2cccc3ccccc23)C=CC(c2cccc3ccccc23)C=C1c1cccc(-c2ccc(-c3nc4ccccc4c4nc5ccccn5c34)cc2)c1. The lowest BCUT2D eigenvalue weighted by Gasteiger charge is -2.17. The molecule has 1 aliphatic carbocycles. The first-order valence-electron chi connectivity index (χ1n) is 19.6. The van der Waals surface area contributed by atoms with Gasteiger partial charge < -0.3 is 0 Å². The van der Waals surface area contributed by atoms with Crippen molar-refractivity contribution in [2.24, 2.45) is 0 Å². The molecule has 0 bridgehead atoms. The van der Waals surface area contributed by atoms with Crippen LogP contribution in [0.2, 0.25) is 0 Å². The van der Waals surface area contributed by atoms with Gasteiger partial charge in [-0.2, -0.15) is 0 Å². The minimum atomic E-state index is 0.0855. The second-order valence-corrected chi connectivity index (χ2v) is 15.0. The molecule has 3 aromatic heterocycles. The van der Waals surface area contributed by atoms with Crippen LogP contribution in [0.4, 0.5) is 0 Å². The standard InChI is InChI=1S/C54H37N3/c1-35-43(47-23-12-16-38-14-3-5-20-45(38)47)31-30-42(46-22-11-15-37-13-2-4-19-44(37)46)34-49(35)41-18-10-17-40(33-41)36-26-28-39(29-27-36)52-54-53(48-21-6-7-24-50(48)55-52)56-51-25-8-9-32-57(51)54/h2-34,42H,1H3. The number of hydrogen-bond donors (Lipinski definition) is 0. The summed E-state index contributed by atoms with van der Waals surface area (Å²) in [6.07, 6.45) is 9.30. The highest BCUT2D eigenvalue weighted by atomic mass is 15.0. The van der Waals surface area contributed by atoms with Gasteiger partial charge in [-0.3, -0.25) is 4.40 Å². The van der Waals surface area contributed by atoms with Gasteiger partial charge in [0.1, 0.15) is 11.2 Å². The summed E-state index contributed by atoms with van der Waals surface area (Å²) < 4.78 is 2.16. The predicted molar refractivity (Wildman–Crippen MR) is 239 cm³/mol. The molecule has 0 radical (unpaired) electrons. The Kier molecular flexibility index (Phi) is 7.78. The molecule has 0 saturated carbocycles. The minimum Gasteiger partial charge on any atom is -0.298 e. The molecule has 0 spiro atoms. The van der Waals surface area contributed by atoms with Gasteiger partial charge in [0, 0.05) is 23.1 Å². The van der Waals surface area contributed by atoms with Crippen molar-refractivity contribution < 1.29 is 0 Å². The third-order valence-electron chi connectivity index (χ3n) is 11.7. The van der Waals surface area contributed by atoms with Gasteiger partial charge in [0.25, 0.3) is 0 Å². The van der Waals surface area contributed by atoms with Crippen LogP contribution in [-0.4, -0.2) is 14.4 Å². The van der Waals surface area contributed by atoms with Gasteiger partial charge in [-0.1, -0.05) is 170 Å². The summed E-state index contributed by atoms with van der Waals surface area (Å²) in [6, 6.07) is 63.1. The highest BCUT2D eigenvalue weighted by Crippen LogP contribution is 2.42. The largest absolute Gasteiger partial charge is 0.298 e. The third kappa shape index (κ3) is 5.58. The van der Waals surface area contributed by atoms with Gasteiger partial charge in [-0.05, 0) is 97.3 Å². The Morgan fingerprint density at radius 1 is 0.526 bits per heavy atom. The van der Waals surface area contributed by atoms with E-state index < -0.39 is 0 Å². The lowest BCUT2D eigenvalue weighted by molar-refractivity contribution is 1.10. The highest BCUT2D eigenvalue weighted by molar-refractivity contribution is 6.09. The van der Waals surface area contributed by atoms with E-state index in [1.54, 1.807) is 0 Å². The van der Waals surface area contributed by atoms with Crippen LogP contribution in [0.5, 0.6) is 0 Å². The molecule has 0 fully saturated rings. The molecule has 0 aliphatic heterocycles. The maximum atomic E-state index is 5.21. The zero-order chi connectivity index (χ0) is 37.9. The quantitative estimate of drug-likeness (QED) is 0.177. The Balaban J connectivity index is 1.04. The molecule has 11 rings (SSSR count). The second kappa shape index (κ2) is 13.4. The Bertz CT molecular complexity index is 3290. The average Bonchev–Trinajstić information content (AvgIpc) is 3.58. The zero-order valence-electron chi connectivity index (χ0n) is 31.5. The van der Waals surface area contributed by atoms with Crippen molar-refractivity contribution in [3.8, 4) is 22.4 Å². The molecule has 268 valence electrons. The monoisotopic (exact) mass is 727 g/mol. The van der Waals surface area contributed by atoms with Gasteiger partial charge in [-0.25, -0.2) is 9.97 Å². The lowest BCUT2D eigenvalue weighted by atomic mass is 9.87. The fraction of sp³-hybridized carbons (Fsp3) is 0.0370. The third-order valence-corrected chi connectivity index (χ3v) is 11.7. The molecule has 3 heterocycles. The van der Waals surface area contributed by atoms with E-state index in [0.29, 0.717) is 0 Å². The predicted octanol–water partition coefficient (Wildman–Crippen LogP) is 13.9. The molecule has 1 aliphatic rings. The van der Waals surface area contributed by atoms with Crippen LogP contribution >= 0.6 is 0 Å². The number of allylic oxidation sites excluding steroid dienone is 6. The molecule has 0 saturated heterocycles. The molecular weight excluding hydrogens is 691 g/mol. The number of hydrogen-bond acceptors (Lipinski definition) is 2. The number of pyridine rings is 2. The Hall–Kier alpha value is -7.36. The van der Waals surface area contributed by atoms with Crippen molar-refractivity contribution in [3.05, 3.63) is 223 Å². The van der Waals surface area contributed by atoms with Crippen LogP contribution in [0.25, 0.3) is 82.7 Å². The van der Waals surface area contributed by atoms with Crippen molar-refractivity contribution in [1.82, 2.24) is 14.4 Å². The van der Waals surface area contributed by atoms with Gasteiger partial charge in [0.2, 0.25) is 0 Å². The summed E-state index contributed by atoms with van der Waals surface area (Å²) in [5, 5.41) is 6.11. The van der Waals surface area contributed by atoms with Crippen LogP contribution in [0.15, 0.2) is 206 Å². The van der Waals surface area contributed by atoms with Crippen molar-refractivity contribution in [2.75, 3.05) is 0 Å². The fourth-order valence-electron chi connectivity index (χ4n) is 8.87. The van der Waals surface area contributed by atoms with E-state index in [4.69, 9.17) is 9.97 Å². The summed E-state index contributed by atoms with van der Waals surface area (Å²) in [6.45, 7) is 2.29. The minimum absolute atomic E-state index is 0.0855. The van der Waals surface area contributed by atoms with Gasteiger partial charge in [0.05, 0.1) is 16.7 Å². The Morgan fingerprint density at radius 2 is 1.19 bits per heavy atom. The lowest BCUT2D eigenvalue weighted by Crippen LogP contribution is -1.96. The number of imidazole rings is 1. The van der Waals surface area contributed by atoms with E-state index in [1.165, 1.54) is 60.5 Å². The molecule has 0 amide bonds. The van der Waals surface area contributed by atoms with Gasteiger partial charge >= 0.3 is 0 Å². The smallest absolute Gasteiger partial charge is 0.137 e. The highest BCUT2D eigenvalue weighted by Gasteiger charge is 2.21. The van der Waals surface area contributed by atoms with Crippen LogP contribution in [0, 0.1) is 0 Å². The number of rotatable bonds is 5. The average molecular weight is 728 g/mol. The van der Waals surface area contributed by atoms with Crippen molar-refractivity contribution in [3.63, 3.8) is 0 Å². The van der Waals surface area contributed by atoms with Crippen LogP contribution in [0.1, 0.15) is 29.5 Å². The summed E-state index contributed by atoms with van der Waals surface area (Å²) in [7, 11) is 0. The molecule has 0 N–H and O–H groups in total. The number of nitrogens with zero attached hydrogens (tertiary/aromatic N) is 3. The van der Waals surface area contributed by atoms with E-state index in [-0.39, 0.29) is 5.92 Å². The summed E-state index contributed by atoms with van der Waals surface area (Å²) in [4.78, 5) is 10.3. The van der Waals surface area contributed by atoms with E-state index in [2.05, 4.69) is 200 Å². The first kappa shape index (κ1) is 33.0. The Morgan fingerprint density at radius 3 is 2.05 bits per heavy atom. The maximum absolute atomic E-state index is 5.21. The van der Waals surface area contributed by atoms with Crippen LogP contribution in [0.3, 0.4) is 0 Å². The van der Waals surface area contributed by atoms with Gasteiger partial charge in [-0.15, -0.1) is 0 Å². The number of para-hydroxylation sites is 1. The molecule has 57 heavy (non-hydrogen) atoms. The Labute approximate surface area is 331 Å². The summed E-state index contributed by atoms with van der Waals surface area (Å²) >= 11 is 0. The molecule has 3 heteroatoms. The summed E-state index contributed by atoms with van der Waals surface area (Å²) in [5.74, 6) is 0.0855. The number of fused-ring (bicyclic) bond motifs is 7. The summed E-state index contributed by atoms with van der Waals surface area (Å²) in [5.41, 5.74) is 15.7. The van der Waals surface area contributed by atoms with E-state index >= 15 is 0 Å². The van der Waals surface area contributed by atoms with Crippen LogP contribution in [-0.2, 0) is 0 Å². The van der Waals surface area contributed by atoms with E-state index in [9.17, 15) is 0 Å². The first-order valence-corrected chi connectivity index (χ1v) is 19.6. The molecule has 7 aromatic carbocycles. The molecule has 10 aromatic rings. The normalized spacial score (nSPS) is 14.5. The number of benzene rings is 7. The molecule has 1 unspecified atom stereocenters. The fourth-order valence-corrected chi connectivity index (χ4v) is 8.87. The van der Waals surface area contributed by atoms with E-state index in [0.717, 1.165) is 44.4 Å². The molecule has 3 nitrogen and oxygen atoms in total. The molecular formula is C54H37N3. The van der Waals surface area contributed by atoms with Crippen molar-refractivity contribution in [1.29, 1.82) is 0 Å². The van der Waals surface area contributed by atoms with Crippen molar-refractivity contribution >= 4 is 60.3 Å². The van der Waals surface area contributed by atoms with Crippen LogP contribution < -0.4 is 0 Å². The number of aromatic nitrogens is 3. The first-order chi connectivity index (χ1) is 28.2. The zero-order valence-corrected chi connectivity index (χ0v) is 31.5. The topological polar surface area (TPSA) is 30.2 Å². The molecule has 1 atom stereocenters. The van der Waals surface area contributed by atoms with Crippen molar-refractivity contribution in [2.45, 2.75) is 12.8 Å².